The lowest BCUT2D eigenvalue weighted by atomic mass is 9.84. The van der Waals surface area contributed by atoms with E-state index < -0.39 is 6.10 Å². The maximum Gasteiger partial charge on any atom is 0.231 e. The monoisotopic (exact) mass is 291 g/mol. The molecule has 2 N–H and O–H groups in total. The fraction of sp³-hybridized carbons (Fsp3) is 0.647. The molecule has 1 saturated carbocycles. The van der Waals surface area contributed by atoms with Gasteiger partial charge in [-0.1, -0.05) is 25.3 Å². The fourth-order valence-electron chi connectivity index (χ4n) is 3.34. The van der Waals surface area contributed by atoms with Crippen molar-refractivity contribution in [2.24, 2.45) is 5.92 Å². The summed E-state index contributed by atoms with van der Waals surface area (Å²) in [7, 11) is 0. The van der Waals surface area contributed by atoms with Crippen LogP contribution in [-0.2, 0) is 0 Å². The van der Waals surface area contributed by atoms with Gasteiger partial charge in [0.1, 0.15) is 0 Å². The van der Waals surface area contributed by atoms with Crippen LogP contribution in [0.3, 0.4) is 0 Å². The Hall–Kier alpha value is -1.26. The first-order valence-corrected chi connectivity index (χ1v) is 8.05. The highest BCUT2D eigenvalue weighted by Gasteiger charge is 2.21. The average molecular weight is 291 g/mol. The molecule has 2 unspecified atom stereocenters. The van der Waals surface area contributed by atoms with Crippen LogP contribution in [0.5, 0.6) is 11.5 Å². The topological polar surface area (TPSA) is 50.7 Å². The first-order valence-electron chi connectivity index (χ1n) is 8.05. The van der Waals surface area contributed by atoms with Crippen molar-refractivity contribution < 1.29 is 14.6 Å². The Morgan fingerprint density at radius 2 is 1.95 bits per heavy atom. The van der Waals surface area contributed by atoms with Gasteiger partial charge in [0.05, 0.1) is 6.10 Å². The van der Waals surface area contributed by atoms with Crippen molar-refractivity contribution in [2.45, 2.75) is 51.2 Å². The van der Waals surface area contributed by atoms with E-state index in [0.717, 1.165) is 23.0 Å². The smallest absolute Gasteiger partial charge is 0.231 e. The minimum absolute atomic E-state index is 0.270. The van der Waals surface area contributed by atoms with Gasteiger partial charge in [-0.2, -0.15) is 0 Å². The van der Waals surface area contributed by atoms with E-state index in [2.05, 4.69) is 12.2 Å². The zero-order valence-electron chi connectivity index (χ0n) is 12.7. The molecular weight excluding hydrogens is 266 g/mol. The minimum Gasteiger partial charge on any atom is -0.454 e. The summed E-state index contributed by atoms with van der Waals surface area (Å²) in [6.45, 7) is 3.09. The Bertz CT molecular complexity index is 471. The molecule has 1 aliphatic carbocycles. The van der Waals surface area contributed by atoms with E-state index >= 15 is 0 Å². The molecule has 1 aromatic rings. The summed E-state index contributed by atoms with van der Waals surface area (Å²) in [4.78, 5) is 0. The van der Waals surface area contributed by atoms with Crippen molar-refractivity contribution in [3.63, 3.8) is 0 Å². The first-order chi connectivity index (χ1) is 10.2. The number of hydrogen-bond acceptors (Lipinski definition) is 4. The second-order valence-electron chi connectivity index (χ2n) is 6.22. The maximum absolute atomic E-state index is 10.3. The molecule has 21 heavy (non-hydrogen) atoms. The summed E-state index contributed by atoms with van der Waals surface area (Å²) < 4.78 is 10.6. The van der Waals surface area contributed by atoms with E-state index in [1.165, 1.54) is 32.1 Å². The molecule has 4 nitrogen and oxygen atoms in total. The third-order valence-electron chi connectivity index (χ3n) is 4.77. The number of ether oxygens (including phenoxy) is 2. The molecule has 0 radical (unpaired) electrons. The highest BCUT2D eigenvalue weighted by atomic mass is 16.7. The van der Waals surface area contributed by atoms with E-state index in [1.807, 2.05) is 18.2 Å². The van der Waals surface area contributed by atoms with E-state index in [0.29, 0.717) is 12.6 Å². The molecule has 0 amide bonds. The lowest BCUT2D eigenvalue weighted by Gasteiger charge is -2.29. The van der Waals surface area contributed by atoms with Crippen LogP contribution in [0.25, 0.3) is 0 Å². The number of aliphatic hydroxyl groups excluding tert-OH is 1. The van der Waals surface area contributed by atoms with E-state index in [-0.39, 0.29) is 6.79 Å². The molecule has 1 aliphatic heterocycles. The average Bonchev–Trinajstić information content (AvgIpc) is 3.00. The second-order valence-corrected chi connectivity index (χ2v) is 6.22. The zero-order chi connectivity index (χ0) is 14.7. The lowest BCUT2D eigenvalue weighted by Crippen LogP contribution is -2.37. The van der Waals surface area contributed by atoms with Crippen LogP contribution in [0.1, 0.15) is 50.7 Å². The zero-order valence-corrected chi connectivity index (χ0v) is 12.7. The van der Waals surface area contributed by atoms with Gasteiger partial charge in [-0.25, -0.2) is 0 Å². The molecule has 4 heteroatoms. The SMILES string of the molecule is CC(NCC(O)c1ccc2c(c1)OCO2)C1CCCCC1. The molecule has 2 atom stereocenters. The van der Waals surface area contributed by atoms with Gasteiger partial charge in [0.2, 0.25) is 6.79 Å². The highest BCUT2D eigenvalue weighted by molar-refractivity contribution is 5.45. The number of fused-ring (bicyclic) bond motifs is 1. The van der Waals surface area contributed by atoms with Crippen molar-refractivity contribution in [1.29, 1.82) is 0 Å². The number of rotatable bonds is 5. The summed E-state index contributed by atoms with van der Waals surface area (Å²) in [5.74, 6) is 2.24. The predicted molar refractivity (Wildman–Crippen MR) is 81.6 cm³/mol. The molecule has 1 aromatic carbocycles. The number of nitrogens with one attached hydrogen (secondary N) is 1. The van der Waals surface area contributed by atoms with E-state index in [9.17, 15) is 5.11 Å². The molecule has 2 aliphatic rings. The van der Waals surface area contributed by atoms with Gasteiger partial charge in [0, 0.05) is 12.6 Å². The number of aliphatic hydroxyl groups is 1. The van der Waals surface area contributed by atoms with Gasteiger partial charge in [0.25, 0.3) is 0 Å². The summed E-state index contributed by atoms with van der Waals surface area (Å²) >= 11 is 0. The van der Waals surface area contributed by atoms with Crippen LogP contribution in [0.15, 0.2) is 18.2 Å². The Labute approximate surface area is 126 Å². The number of benzene rings is 1. The summed E-state index contributed by atoms with van der Waals surface area (Å²) in [6.07, 6.45) is 6.19. The lowest BCUT2D eigenvalue weighted by molar-refractivity contribution is 0.160. The first kappa shape index (κ1) is 14.7. The Morgan fingerprint density at radius 3 is 2.76 bits per heavy atom. The molecule has 116 valence electrons. The molecule has 0 bridgehead atoms. The van der Waals surface area contributed by atoms with Crippen LogP contribution in [0, 0.1) is 5.92 Å². The molecule has 0 spiro atoms. The molecular formula is C17H25NO3. The molecule has 3 rings (SSSR count). The van der Waals surface area contributed by atoms with Crippen molar-refractivity contribution in [3.8, 4) is 11.5 Å². The van der Waals surface area contributed by atoms with Gasteiger partial charge < -0.3 is 19.9 Å². The van der Waals surface area contributed by atoms with Crippen molar-refractivity contribution in [3.05, 3.63) is 23.8 Å². The maximum atomic E-state index is 10.3. The summed E-state index contributed by atoms with van der Waals surface area (Å²) in [6, 6.07) is 6.12. The third kappa shape index (κ3) is 3.50. The van der Waals surface area contributed by atoms with Gasteiger partial charge >= 0.3 is 0 Å². The van der Waals surface area contributed by atoms with Crippen molar-refractivity contribution in [1.82, 2.24) is 5.32 Å². The van der Waals surface area contributed by atoms with Gasteiger partial charge in [-0.3, -0.25) is 0 Å². The van der Waals surface area contributed by atoms with Gasteiger partial charge in [0.15, 0.2) is 11.5 Å². The molecule has 1 heterocycles. The molecule has 0 saturated heterocycles. The van der Waals surface area contributed by atoms with Crippen LogP contribution in [-0.4, -0.2) is 24.5 Å². The minimum atomic E-state index is -0.509. The van der Waals surface area contributed by atoms with Gasteiger partial charge in [-0.05, 0) is 43.4 Å². The normalized spacial score (nSPS) is 21.2. The Morgan fingerprint density at radius 1 is 1.19 bits per heavy atom. The van der Waals surface area contributed by atoms with Crippen LogP contribution < -0.4 is 14.8 Å². The van der Waals surface area contributed by atoms with Crippen LogP contribution in [0.2, 0.25) is 0 Å². The molecule has 0 aromatic heterocycles. The van der Waals surface area contributed by atoms with Crippen molar-refractivity contribution in [2.75, 3.05) is 13.3 Å². The second kappa shape index (κ2) is 6.67. The number of hydrogen-bond donors (Lipinski definition) is 2. The largest absolute Gasteiger partial charge is 0.454 e. The quantitative estimate of drug-likeness (QED) is 0.875. The van der Waals surface area contributed by atoms with E-state index in [1.54, 1.807) is 0 Å². The van der Waals surface area contributed by atoms with Crippen LogP contribution >= 0.6 is 0 Å². The standard InChI is InChI=1S/C17H25NO3/c1-12(13-5-3-2-4-6-13)18-10-15(19)14-7-8-16-17(9-14)21-11-20-16/h7-9,12-13,15,18-19H,2-6,10-11H2,1H3. The van der Waals surface area contributed by atoms with E-state index in [4.69, 9.17) is 9.47 Å². The molecule has 1 fully saturated rings. The van der Waals surface area contributed by atoms with Crippen LogP contribution in [0.4, 0.5) is 0 Å². The fourth-order valence-corrected chi connectivity index (χ4v) is 3.34. The highest BCUT2D eigenvalue weighted by Crippen LogP contribution is 2.34. The summed E-state index contributed by atoms with van der Waals surface area (Å²) in [5, 5.41) is 13.8. The van der Waals surface area contributed by atoms with Crippen molar-refractivity contribution >= 4 is 0 Å². The third-order valence-corrected chi connectivity index (χ3v) is 4.77. The predicted octanol–water partition coefficient (Wildman–Crippen LogP) is 3.01. The summed E-state index contributed by atoms with van der Waals surface area (Å²) in [5.41, 5.74) is 0.877. The van der Waals surface area contributed by atoms with Gasteiger partial charge in [-0.15, -0.1) is 0 Å². The Kier molecular flexibility index (Phi) is 4.66. The Balaban J connectivity index is 1.52.